The zero-order chi connectivity index (χ0) is 9.40. The Hall–Kier alpha value is -1.09. The molecule has 0 aromatic carbocycles. The highest BCUT2D eigenvalue weighted by atomic mass is 16.5. The van der Waals surface area contributed by atoms with Crippen LogP contribution in [0.4, 0.5) is 0 Å². The monoisotopic (exact) mass is 169 g/mol. The first-order valence-electron chi connectivity index (χ1n) is 3.63. The van der Waals surface area contributed by atoms with Crippen molar-refractivity contribution >= 4 is 5.90 Å². The van der Waals surface area contributed by atoms with Crippen molar-refractivity contribution in [2.75, 3.05) is 20.8 Å². The van der Waals surface area contributed by atoms with Gasteiger partial charge in [-0.15, -0.1) is 0 Å². The minimum Gasteiger partial charge on any atom is -0.484 e. The van der Waals surface area contributed by atoms with Crippen molar-refractivity contribution in [3.05, 3.63) is 24.4 Å². The Labute approximate surface area is 73.4 Å². The molecule has 0 aromatic heterocycles. The number of hydrogen-bond acceptors (Lipinski definition) is 3. The molecule has 0 aliphatic rings. The standard InChI is InChI=1S/C9H15NO2/c1-5-9(7-11-3)6-10-8(2)12-4/h5-6H,1,7H2,2-4H3/b9-6+,10-8?. The lowest BCUT2D eigenvalue weighted by atomic mass is 10.3. The number of aliphatic imine (C=N–C) groups is 1. The third kappa shape index (κ3) is 4.68. The maximum Gasteiger partial charge on any atom is 0.184 e. The summed E-state index contributed by atoms with van der Waals surface area (Å²) < 4.78 is 9.76. The molecule has 0 saturated heterocycles. The van der Waals surface area contributed by atoms with Crippen molar-refractivity contribution < 1.29 is 9.47 Å². The molecule has 0 bridgehead atoms. The van der Waals surface area contributed by atoms with Crippen LogP contribution in [0.1, 0.15) is 6.92 Å². The SMILES string of the molecule is C=C/C(=C\N=C(C)OC)COC. The largest absolute Gasteiger partial charge is 0.484 e. The number of hydrogen-bond donors (Lipinski definition) is 0. The van der Waals surface area contributed by atoms with E-state index in [0.29, 0.717) is 12.5 Å². The number of rotatable bonds is 4. The molecular formula is C9H15NO2. The van der Waals surface area contributed by atoms with Crippen LogP contribution in [0.3, 0.4) is 0 Å². The van der Waals surface area contributed by atoms with Gasteiger partial charge in [0.05, 0.1) is 13.7 Å². The van der Waals surface area contributed by atoms with E-state index in [0.717, 1.165) is 5.57 Å². The highest BCUT2D eigenvalue weighted by molar-refractivity contribution is 5.73. The van der Waals surface area contributed by atoms with Gasteiger partial charge >= 0.3 is 0 Å². The van der Waals surface area contributed by atoms with Crippen molar-refractivity contribution in [3.63, 3.8) is 0 Å². The molecule has 0 saturated carbocycles. The first-order chi connectivity index (χ1) is 5.74. The van der Waals surface area contributed by atoms with Gasteiger partial charge in [-0.3, -0.25) is 0 Å². The average molecular weight is 169 g/mol. The third-order valence-corrected chi connectivity index (χ3v) is 1.28. The summed E-state index contributed by atoms with van der Waals surface area (Å²) in [6.45, 7) is 5.92. The molecule has 0 unspecified atom stereocenters. The van der Waals surface area contributed by atoms with Gasteiger partial charge in [0.2, 0.25) is 0 Å². The fraction of sp³-hybridized carbons (Fsp3) is 0.444. The van der Waals surface area contributed by atoms with E-state index >= 15 is 0 Å². The Balaban J connectivity index is 4.18. The summed E-state index contributed by atoms with van der Waals surface area (Å²) >= 11 is 0. The van der Waals surface area contributed by atoms with Crippen LogP contribution in [0.2, 0.25) is 0 Å². The molecule has 12 heavy (non-hydrogen) atoms. The van der Waals surface area contributed by atoms with E-state index in [-0.39, 0.29) is 0 Å². The predicted octanol–water partition coefficient (Wildman–Crippen LogP) is 1.77. The zero-order valence-electron chi connectivity index (χ0n) is 7.83. The Morgan fingerprint density at radius 1 is 1.50 bits per heavy atom. The molecule has 0 radical (unpaired) electrons. The van der Waals surface area contributed by atoms with Crippen LogP contribution < -0.4 is 0 Å². The van der Waals surface area contributed by atoms with Gasteiger partial charge in [0.15, 0.2) is 5.90 Å². The molecule has 0 heterocycles. The summed E-state index contributed by atoms with van der Waals surface area (Å²) in [4.78, 5) is 4.01. The highest BCUT2D eigenvalue weighted by Crippen LogP contribution is 1.96. The van der Waals surface area contributed by atoms with E-state index in [1.807, 2.05) is 0 Å². The maximum absolute atomic E-state index is 4.91. The Bertz CT molecular complexity index is 195. The van der Waals surface area contributed by atoms with E-state index in [1.165, 1.54) is 0 Å². The van der Waals surface area contributed by atoms with Gasteiger partial charge in [0.25, 0.3) is 0 Å². The summed E-state index contributed by atoms with van der Waals surface area (Å²) in [6.07, 6.45) is 3.38. The zero-order valence-corrected chi connectivity index (χ0v) is 7.83. The first-order valence-corrected chi connectivity index (χ1v) is 3.63. The van der Waals surface area contributed by atoms with Crippen molar-refractivity contribution in [3.8, 4) is 0 Å². The third-order valence-electron chi connectivity index (χ3n) is 1.28. The molecule has 3 nitrogen and oxygen atoms in total. The van der Waals surface area contributed by atoms with E-state index in [1.54, 1.807) is 33.4 Å². The Morgan fingerprint density at radius 3 is 2.58 bits per heavy atom. The van der Waals surface area contributed by atoms with Crippen LogP contribution in [0.5, 0.6) is 0 Å². The minimum atomic E-state index is 0.518. The molecule has 0 spiro atoms. The van der Waals surface area contributed by atoms with E-state index in [4.69, 9.17) is 9.47 Å². The summed E-state index contributed by atoms with van der Waals surface area (Å²) in [7, 11) is 3.21. The molecule has 3 heteroatoms. The number of ether oxygens (including phenoxy) is 2. The minimum absolute atomic E-state index is 0.518. The van der Waals surface area contributed by atoms with E-state index in [9.17, 15) is 0 Å². The van der Waals surface area contributed by atoms with Crippen LogP contribution in [-0.4, -0.2) is 26.7 Å². The second-order valence-corrected chi connectivity index (χ2v) is 2.19. The number of nitrogens with zero attached hydrogens (tertiary/aromatic N) is 1. The lowest BCUT2D eigenvalue weighted by Crippen LogP contribution is -1.94. The lowest BCUT2D eigenvalue weighted by Gasteiger charge is -1.98. The quantitative estimate of drug-likeness (QED) is 0.365. The fourth-order valence-electron chi connectivity index (χ4n) is 0.542. The molecular weight excluding hydrogens is 154 g/mol. The van der Waals surface area contributed by atoms with Crippen molar-refractivity contribution in [2.24, 2.45) is 4.99 Å². The summed E-state index contributed by atoms with van der Waals surface area (Å²) in [5.41, 5.74) is 0.925. The van der Waals surface area contributed by atoms with Gasteiger partial charge in [-0.2, -0.15) is 0 Å². The van der Waals surface area contributed by atoms with Gasteiger partial charge in [-0.25, -0.2) is 4.99 Å². The molecule has 68 valence electrons. The van der Waals surface area contributed by atoms with Crippen LogP contribution in [0, 0.1) is 0 Å². The molecule has 0 fully saturated rings. The van der Waals surface area contributed by atoms with Gasteiger partial charge in [-0.1, -0.05) is 12.7 Å². The average Bonchev–Trinajstić information content (AvgIpc) is 2.11. The maximum atomic E-state index is 4.91. The molecule has 0 aliphatic heterocycles. The van der Waals surface area contributed by atoms with Crippen molar-refractivity contribution in [1.29, 1.82) is 0 Å². The fourth-order valence-corrected chi connectivity index (χ4v) is 0.542. The second kappa shape index (κ2) is 6.61. The summed E-state index contributed by atoms with van der Waals surface area (Å²) in [6, 6.07) is 0. The Kier molecular flexibility index (Phi) is 6.01. The molecule has 0 aromatic rings. The van der Waals surface area contributed by atoms with Gasteiger partial charge in [0, 0.05) is 20.2 Å². The molecule has 0 atom stereocenters. The summed E-state index contributed by atoms with van der Waals surface area (Å²) in [5, 5.41) is 0. The second-order valence-electron chi connectivity index (χ2n) is 2.19. The normalized spacial score (nSPS) is 12.9. The van der Waals surface area contributed by atoms with Crippen molar-refractivity contribution in [1.82, 2.24) is 0 Å². The first kappa shape index (κ1) is 10.9. The van der Waals surface area contributed by atoms with Gasteiger partial charge in [0.1, 0.15) is 0 Å². The van der Waals surface area contributed by atoms with Crippen LogP contribution >= 0.6 is 0 Å². The molecule has 0 rings (SSSR count). The van der Waals surface area contributed by atoms with Gasteiger partial charge in [-0.05, 0) is 5.57 Å². The Morgan fingerprint density at radius 2 is 2.17 bits per heavy atom. The smallest absolute Gasteiger partial charge is 0.184 e. The molecule has 0 N–H and O–H groups in total. The molecule has 0 aliphatic carbocycles. The van der Waals surface area contributed by atoms with E-state index in [2.05, 4.69) is 11.6 Å². The number of methoxy groups -OCH3 is 2. The van der Waals surface area contributed by atoms with E-state index < -0.39 is 0 Å². The summed E-state index contributed by atoms with van der Waals surface area (Å²) in [5.74, 6) is 0.616. The van der Waals surface area contributed by atoms with Crippen LogP contribution in [0.15, 0.2) is 29.4 Å². The topological polar surface area (TPSA) is 30.8 Å². The predicted molar refractivity (Wildman–Crippen MR) is 50.3 cm³/mol. The van der Waals surface area contributed by atoms with Gasteiger partial charge < -0.3 is 9.47 Å². The molecule has 0 amide bonds. The lowest BCUT2D eigenvalue weighted by molar-refractivity contribution is 0.228. The van der Waals surface area contributed by atoms with Crippen molar-refractivity contribution in [2.45, 2.75) is 6.92 Å². The van der Waals surface area contributed by atoms with Crippen LogP contribution in [-0.2, 0) is 9.47 Å². The van der Waals surface area contributed by atoms with Crippen LogP contribution in [0.25, 0.3) is 0 Å². The highest BCUT2D eigenvalue weighted by Gasteiger charge is 1.88.